The second kappa shape index (κ2) is 7.98. The zero-order chi connectivity index (χ0) is 21.0. The maximum atomic E-state index is 12.8. The standard InChI is InChI=1S/C19H13NO8S/c21-19(22)13-11-16(20(23)24)18(27-14-7-3-1-4-8-14)17(12-13)29(25,26)28-15-9-5-2-6-10-15/h1-12H,(H,21,22). The maximum Gasteiger partial charge on any atom is 0.343 e. The van der Waals surface area contributed by atoms with Gasteiger partial charge < -0.3 is 14.0 Å². The van der Waals surface area contributed by atoms with E-state index < -0.39 is 42.9 Å². The number of nitro benzene ring substituents is 1. The zero-order valence-electron chi connectivity index (χ0n) is 14.6. The summed E-state index contributed by atoms with van der Waals surface area (Å²) in [5.41, 5.74) is -1.43. The molecule has 0 aliphatic rings. The molecule has 3 aromatic carbocycles. The molecule has 0 fully saturated rings. The van der Waals surface area contributed by atoms with Gasteiger partial charge in [0.15, 0.2) is 4.90 Å². The van der Waals surface area contributed by atoms with E-state index in [9.17, 15) is 28.4 Å². The Bertz CT molecular complexity index is 1160. The van der Waals surface area contributed by atoms with Crippen LogP contribution in [-0.4, -0.2) is 24.4 Å². The van der Waals surface area contributed by atoms with E-state index in [4.69, 9.17) is 8.92 Å². The van der Waals surface area contributed by atoms with Crippen molar-refractivity contribution >= 4 is 21.8 Å². The van der Waals surface area contributed by atoms with Crippen LogP contribution >= 0.6 is 0 Å². The van der Waals surface area contributed by atoms with Crippen LogP contribution in [0.4, 0.5) is 5.69 Å². The number of nitro groups is 1. The summed E-state index contributed by atoms with van der Waals surface area (Å²) in [7, 11) is -4.67. The predicted octanol–water partition coefficient (Wildman–Crippen LogP) is 3.85. The first-order valence-corrected chi connectivity index (χ1v) is 9.47. The van der Waals surface area contributed by atoms with Crippen LogP contribution in [0.25, 0.3) is 0 Å². The van der Waals surface area contributed by atoms with Crippen molar-refractivity contribution < 1.29 is 32.2 Å². The fourth-order valence-corrected chi connectivity index (χ4v) is 3.49. The summed E-state index contributed by atoms with van der Waals surface area (Å²) in [4.78, 5) is 21.2. The molecule has 0 heterocycles. The van der Waals surface area contributed by atoms with Crippen molar-refractivity contribution in [2.24, 2.45) is 0 Å². The Hall–Kier alpha value is -3.92. The van der Waals surface area contributed by atoms with Gasteiger partial charge >= 0.3 is 21.8 Å². The van der Waals surface area contributed by atoms with Crippen molar-refractivity contribution in [1.82, 2.24) is 0 Å². The van der Waals surface area contributed by atoms with Crippen LogP contribution in [0.5, 0.6) is 17.2 Å². The molecule has 0 unspecified atom stereocenters. The predicted molar refractivity (Wildman–Crippen MR) is 101 cm³/mol. The zero-order valence-corrected chi connectivity index (χ0v) is 15.4. The van der Waals surface area contributed by atoms with Gasteiger partial charge in [-0.2, -0.15) is 8.42 Å². The number of nitrogens with zero attached hydrogens (tertiary/aromatic N) is 1. The van der Waals surface area contributed by atoms with Gasteiger partial charge in [0.2, 0.25) is 5.75 Å². The van der Waals surface area contributed by atoms with Crippen molar-refractivity contribution in [3.05, 3.63) is 88.5 Å². The third-order valence-corrected chi connectivity index (χ3v) is 4.91. The van der Waals surface area contributed by atoms with Crippen LogP contribution in [-0.2, 0) is 10.1 Å². The number of aromatic carboxylic acids is 1. The van der Waals surface area contributed by atoms with Gasteiger partial charge in [-0.1, -0.05) is 36.4 Å². The van der Waals surface area contributed by atoms with Gasteiger partial charge in [0, 0.05) is 6.07 Å². The summed E-state index contributed by atoms with van der Waals surface area (Å²) < 4.78 is 36.2. The van der Waals surface area contributed by atoms with Crippen LogP contribution in [0.2, 0.25) is 0 Å². The number of para-hydroxylation sites is 2. The number of carboxylic acid groups (broad SMARTS) is 1. The number of hydrogen-bond acceptors (Lipinski definition) is 7. The van der Waals surface area contributed by atoms with Gasteiger partial charge in [-0.3, -0.25) is 10.1 Å². The van der Waals surface area contributed by atoms with E-state index in [0.29, 0.717) is 0 Å². The average Bonchev–Trinajstić information content (AvgIpc) is 2.68. The van der Waals surface area contributed by atoms with E-state index in [-0.39, 0.29) is 11.5 Å². The summed E-state index contributed by atoms with van der Waals surface area (Å²) in [6.07, 6.45) is 0. The lowest BCUT2D eigenvalue weighted by atomic mass is 10.2. The molecule has 1 N–H and O–H groups in total. The van der Waals surface area contributed by atoms with E-state index in [2.05, 4.69) is 0 Å². The number of benzene rings is 3. The Morgan fingerprint density at radius 1 is 0.931 bits per heavy atom. The largest absolute Gasteiger partial charge is 0.478 e. The molecule has 3 aromatic rings. The minimum atomic E-state index is -4.67. The Morgan fingerprint density at radius 2 is 1.48 bits per heavy atom. The van der Waals surface area contributed by atoms with Crippen molar-refractivity contribution in [2.45, 2.75) is 4.90 Å². The first-order valence-electron chi connectivity index (χ1n) is 8.06. The topological polar surface area (TPSA) is 133 Å². The second-order valence-electron chi connectivity index (χ2n) is 5.65. The molecule has 10 heteroatoms. The first-order chi connectivity index (χ1) is 13.8. The van der Waals surface area contributed by atoms with E-state index >= 15 is 0 Å². The molecule has 0 saturated heterocycles. The molecule has 3 rings (SSSR count). The Balaban J connectivity index is 2.21. The lowest BCUT2D eigenvalue weighted by Crippen LogP contribution is -2.13. The van der Waals surface area contributed by atoms with E-state index in [0.717, 1.165) is 12.1 Å². The molecule has 0 aliphatic heterocycles. The molecule has 0 aromatic heterocycles. The van der Waals surface area contributed by atoms with E-state index in [1.165, 1.54) is 36.4 Å². The SMILES string of the molecule is O=C(O)c1cc([N+](=O)[O-])c(Oc2ccccc2)c(S(=O)(=O)Oc2ccccc2)c1. The number of ether oxygens (including phenoxy) is 1. The summed E-state index contributed by atoms with van der Waals surface area (Å²) >= 11 is 0. The lowest BCUT2D eigenvalue weighted by molar-refractivity contribution is -0.385. The van der Waals surface area contributed by atoms with Crippen molar-refractivity contribution in [3.63, 3.8) is 0 Å². The molecule has 0 aliphatic carbocycles. The third-order valence-electron chi connectivity index (χ3n) is 3.66. The maximum absolute atomic E-state index is 12.8. The van der Waals surface area contributed by atoms with Crippen molar-refractivity contribution in [2.75, 3.05) is 0 Å². The third kappa shape index (κ3) is 4.50. The number of rotatable bonds is 7. The van der Waals surface area contributed by atoms with E-state index in [1.807, 2.05) is 0 Å². The fraction of sp³-hybridized carbons (Fsp3) is 0. The van der Waals surface area contributed by atoms with Gasteiger partial charge in [0.05, 0.1) is 10.5 Å². The number of hydrogen-bond donors (Lipinski definition) is 1. The highest BCUT2D eigenvalue weighted by Gasteiger charge is 2.32. The normalized spacial score (nSPS) is 10.9. The van der Waals surface area contributed by atoms with Gasteiger partial charge in [-0.25, -0.2) is 4.79 Å². The van der Waals surface area contributed by atoms with E-state index in [1.54, 1.807) is 24.3 Å². The highest BCUT2D eigenvalue weighted by Crippen LogP contribution is 2.39. The fourth-order valence-electron chi connectivity index (χ4n) is 2.39. The summed E-state index contributed by atoms with van der Waals surface area (Å²) in [5, 5.41) is 20.8. The highest BCUT2D eigenvalue weighted by molar-refractivity contribution is 7.87. The van der Waals surface area contributed by atoms with Gasteiger partial charge in [0.25, 0.3) is 0 Å². The van der Waals surface area contributed by atoms with Crippen LogP contribution in [0.1, 0.15) is 10.4 Å². The van der Waals surface area contributed by atoms with Crippen LogP contribution < -0.4 is 8.92 Å². The van der Waals surface area contributed by atoms with Gasteiger partial charge in [-0.05, 0) is 30.3 Å². The van der Waals surface area contributed by atoms with Crippen LogP contribution in [0, 0.1) is 10.1 Å². The van der Waals surface area contributed by atoms with Gasteiger partial charge in [-0.15, -0.1) is 0 Å². The minimum Gasteiger partial charge on any atom is -0.478 e. The van der Waals surface area contributed by atoms with Crippen LogP contribution in [0.3, 0.4) is 0 Å². The molecule has 0 bridgehead atoms. The monoisotopic (exact) mass is 415 g/mol. The molecule has 0 atom stereocenters. The average molecular weight is 415 g/mol. The van der Waals surface area contributed by atoms with Gasteiger partial charge in [0.1, 0.15) is 11.5 Å². The number of carboxylic acids is 1. The molecular weight excluding hydrogens is 402 g/mol. The molecule has 0 saturated carbocycles. The van der Waals surface area contributed by atoms with Crippen molar-refractivity contribution in [1.29, 1.82) is 0 Å². The lowest BCUT2D eigenvalue weighted by Gasteiger charge is -2.13. The van der Waals surface area contributed by atoms with Crippen molar-refractivity contribution in [3.8, 4) is 17.2 Å². The molecule has 0 radical (unpaired) electrons. The minimum absolute atomic E-state index is 0.0541. The Labute approximate surface area is 165 Å². The molecule has 0 amide bonds. The molecule has 9 nitrogen and oxygen atoms in total. The second-order valence-corrected chi connectivity index (χ2v) is 7.17. The first kappa shape index (κ1) is 19.8. The summed E-state index contributed by atoms with van der Waals surface area (Å²) in [6, 6.07) is 16.7. The molecular formula is C19H13NO8S. The summed E-state index contributed by atoms with van der Waals surface area (Å²) in [5.74, 6) is -2.13. The Kier molecular flexibility index (Phi) is 5.46. The number of carbonyl (C=O) groups is 1. The Morgan fingerprint density at radius 3 is 2.00 bits per heavy atom. The molecule has 29 heavy (non-hydrogen) atoms. The molecule has 148 valence electrons. The van der Waals surface area contributed by atoms with Crippen LogP contribution in [0.15, 0.2) is 77.7 Å². The highest BCUT2D eigenvalue weighted by atomic mass is 32.2. The quantitative estimate of drug-likeness (QED) is 0.349. The molecule has 0 spiro atoms. The smallest absolute Gasteiger partial charge is 0.343 e. The summed E-state index contributed by atoms with van der Waals surface area (Å²) in [6.45, 7) is 0.